The Balaban J connectivity index is 1.87. The number of carbonyl (C=O) groups is 1. The minimum Gasteiger partial charge on any atom is -0.478 e. The molecule has 4 heteroatoms. The van der Waals surface area contributed by atoms with Crippen LogP contribution in [0.1, 0.15) is 33.3 Å². The van der Waals surface area contributed by atoms with Gasteiger partial charge in [-0.25, -0.2) is 4.79 Å². The third-order valence-corrected chi connectivity index (χ3v) is 4.00. The number of rotatable bonds is 6. The van der Waals surface area contributed by atoms with Crippen molar-refractivity contribution in [2.24, 2.45) is 0 Å². The van der Waals surface area contributed by atoms with E-state index >= 15 is 0 Å². The van der Waals surface area contributed by atoms with Crippen molar-refractivity contribution in [2.75, 3.05) is 0 Å². The van der Waals surface area contributed by atoms with Crippen LogP contribution in [0.15, 0.2) is 35.7 Å². The van der Waals surface area contributed by atoms with Crippen LogP contribution in [0.3, 0.4) is 0 Å². The van der Waals surface area contributed by atoms with Crippen LogP contribution in [-0.4, -0.2) is 11.1 Å². The minimum absolute atomic E-state index is 0.329. The molecule has 0 saturated carbocycles. The zero-order valence-electron chi connectivity index (χ0n) is 10.8. The van der Waals surface area contributed by atoms with Crippen molar-refractivity contribution in [2.45, 2.75) is 26.4 Å². The lowest BCUT2D eigenvalue weighted by molar-refractivity contribution is 0.0697. The van der Waals surface area contributed by atoms with Gasteiger partial charge in [0.05, 0.1) is 5.56 Å². The number of carboxylic acids is 1. The van der Waals surface area contributed by atoms with Gasteiger partial charge in [-0.3, -0.25) is 0 Å². The molecule has 1 heterocycles. The molecule has 19 heavy (non-hydrogen) atoms. The lowest BCUT2D eigenvalue weighted by atomic mass is 10.1. The summed E-state index contributed by atoms with van der Waals surface area (Å²) >= 11 is 1.78. The Morgan fingerprint density at radius 2 is 1.95 bits per heavy atom. The van der Waals surface area contributed by atoms with Crippen LogP contribution in [0.5, 0.6) is 0 Å². The Labute approximate surface area is 116 Å². The molecular formula is C15H17NO2S. The van der Waals surface area contributed by atoms with Gasteiger partial charge in [-0.1, -0.05) is 19.1 Å². The van der Waals surface area contributed by atoms with E-state index in [4.69, 9.17) is 5.11 Å². The van der Waals surface area contributed by atoms with Crippen LogP contribution in [0, 0.1) is 0 Å². The quantitative estimate of drug-likeness (QED) is 0.850. The molecule has 100 valence electrons. The second kappa shape index (κ2) is 6.50. The summed E-state index contributed by atoms with van der Waals surface area (Å²) in [5.41, 5.74) is 2.83. The molecule has 0 spiro atoms. The maximum absolute atomic E-state index is 10.7. The maximum atomic E-state index is 10.7. The predicted octanol–water partition coefficient (Wildman–Crippen LogP) is 3.30. The highest BCUT2D eigenvalue weighted by atomic mass is 32.1. The molecule has 0 bridgehead atoms. The monoisotopic (exact) mass is 275 g/mol. The van der Waals surface area contributed by atoms with Gasteiger partial charge in [0.2, 0.25) is 0 Å². The number of aryl methyl sites for hydroxylation is 1. The van der Waals surface area contributed by atoms with Gasteiger partial charge in [-0.2, -0.15) is 0 Å². The smallest absolute Gasteiger partial charge is 0.335 e. The third-order valence-electron chi connectivity index (χ3n) is 3.03. The van der Waals surface area contributed by atoms with E-state index in [1.807, 2.05) is 12.1 Å². The highest BCUT2D eigenvalue weighted by Gasteiger charge is 2.03. The van der Waals surface area contributed by atoms with Gasteiger partial charge in [0, 0.05) is 18.0 Å². The van der Waals surface area contributed by atoms with Crippen molar-refractivity contribution in [1.82, 2.24) is 5.32 Å². The van der Waals surface area contributed by atoms with Crippen molar-refractivity contribution in [3.63, 3.8) is 0 Å². The van der Waals surface area contributed by atoms with E-state index in [2.05, 4.69) is 23.7 Å². The Hall–Kier alpha value is -1.65. The summed E-state index contributed by atoms with van der Waals surface area (Å²) in [6.07, 6.45) is 1.06. The van der Waals surface area contributed by atoms with Gasteiger partial charge in [0.1, 0.15) is 0 Å². The van der Waals surface area contributed by atoms with Crippen LogP contribution in [0.25, 0.3) is 0 Å². The number of benzene rings is 1. The van der Waals surface area contributed by atoms with Gasteiger partial charge < -0.3 is 10.4 Å². The second-order valence-electron chi connectivity index (χ2n) is 4.33. The molecule has 0 aliphatic carbocycles. The van der Waals surface area contributed by atoms with Crippen molar-refractivity contribution in [3.05, 3.63) is 57.3 Å². The Morgan fingerprint density at radius 3 is 2.58 bits per heavy atom. The molecule has 0 radical (unpaired) electrons. The molecule has 0 aliphatic heterocycles. The summed E-state index contributed by atoms with van der Waals surface area (Å²) in [4.78, 5) is 12.1. The molecule has 1 aromatic heterocycles. The number of thiophene rings is 1. The molecule has 0 amide bonds. The number of carboxylic acid groups (broad SMARTS) is 1. The van der Waals surface area contributed by atoms with E-state index < -0.39 is 5.97 Å². The molecule has 0 atom stereocenters. The van der Waals surface area contributed by atoms with Crippen LogP contribution < -0.4 is 5.32 Å². The summed E-state index contributed by atoms with van der Waals surface area (Å²) in [6.45, 7) is 3.78. The number of hydrogen-bond donors (Lipinski definition) is 2. The van der Waals surface area contributed by atoms with E-state index in [0.717, 1.165) is 25.1 Å². The fraction of sp³-hybridized carbons (Fsp3) is 0.267. The lowest BCUT2D eigenvalue weighted by Gasteiger charge is -2.05. The van der Waals surface area contributed by atoms with Gasteiger partial charge in [-0.05, 0) is 41.1 Å². The van der Waals surface area contributed by atoms with Crippen LogP contribution >= 0.6 is 11.3 Å². The van der Waals surface area contributed by atoms with Crippen LogP contribution in [0.2, 0.25) is 0 Å². The van der Waals surface area contributed by atoms with E-state index in [-0.39, 0.29) is 0 Å². The fourth-order valence-electron chi connectivity index (χ4n) is 1.92. The fourth-order valence-corrected chi connectivity index (χ4v) is 2.87. The lowest BCUT2D eigenvalue weighted by Crippen LogP contribution is -2.12. The molecular weight excluding hydrogens is 258 g/mol. The molecule has 1 aromatic carbocycles. The molecule has 2 rings (SSSR count). The topological polar surface area (TPSA) is 49.3 Å². The van der Waals surface area contributed by atoms with Gasteiger partial charge >= 0.3 is 5.97 Å². The average molecular weight is 275 g/mol. The van der Waals surface area contributed by atoms with Crippen molar-refractivity contribution in [3.8, 4) is 0 Å². The molecule has 0 fully saturated rings. The van der Waals surface area contributed by atoms with E-state index in [0.29, 0.717) is 5.56 Å². The predicted molar refractivity (Wildman–Crippen MR) is 77.6 cm³/mol. The van der Waals surface area contributed by atoms with Crippen molar-refractivity contribution < 1.29 is 9.90 Å². The standard InChI is InChI=1S/C15H17NO2S/c1-2-12-7-8-19-14(12)10-16-9-11-3-5-13(6-4-11)15(17)18/h3-8,16H,2,9-10H2,1H3,(H,17,18). The third kappa shape index (κ3) is 3.66. The van der Waals surface area contributed by atoms with Gasteiger partial charge in [0.15, 0.2) is 0 Å². The minimum atomic E-state index is -0.884. The number of aromatic carboxylic acids is 1. The summed E-state index contributed by atoms with van der Waals surface area (Å²) in [5, 5.41) is 14.3. The van der Waals surface area contributed by atoms with Crippen molar-refractivity contribution >= 4 is 17.3 Å². The van der Waals surface area contributed by atoms with E-state index in [1.165, 1.54) is 10.4 Å². The van der Waals surface area contributed by atoms with Crippen molar-refractivity contribution in [1.29, 1.82) is 0 Å². The molecule has 0 unspecified atom stereocenters. The first kappa shape index (κ1) is 13.8. The first-order valence-corrected chi connectivity index (χ1v) is 7.17. The SMILES string of the molecule is CCc1ccsc1CNCc1ccc(C(=O)O)cc1. The van der Waals surface area contributed by atoms with Crippen LogP contribution in [-0.2, 0) is 19.5 Å². The largest absolute Gasteiger partial charge is 0.478 e. The summed E-state index contributed by atoms with van der Waals surface area (Å²) in [7, 11) is 0. The number of nitrogens with one attached hydrogen (secondary N) is 1. The second-order valence-corrected chi connectivity index (χ2v) is 5.33. The summed E-state index contributed by atoms with van der Waals surface area (Å²) in [5.74, 6) is -0.884. The summed E-state index contributed by atoms with van der Waals surface area (Å²) in [6, 6.07) is 9.16. The van der Waals surface area contributed by atoms with Crippen LogP contribution in [0.4, 0.5) is 0 Å². The average Bonchev–Trinajstić information content (AvgIpc) is 2.87. The van der Waals surface area contributed by atoms with Gasteiger partial charge in [0.25, 0.3) is 0 Å². The molecule has 0 saturated heterocycles. The normalized spacial score (nSPS) is 10.6. The Bertz CT molecular complexity index is 546. The summed E-state index contributed by atoms with van der Waals surface area (Å²) < 4.78 is 0. The maximum Gasteiger partial charge on any atom is 0.335 e. The highest BCUT2D eigenvalue weighted by molar-refractivity contribution is 7.10. The Kier molecular flexibility index (Phi) is 4.71. The highest BCUT2D eigenvalue weighted by Crippen LogP contribution is 2.17. The van der Waals surface area contributed by atoms with Gasteiger partial charge in [-0.15, -0.1) is 11.3 Å². The molecule has 2 N–H and O–H groups in total. The van der Waals surface area contributed by atoms with E-state index in [1.54, 1.807) is 23.5 Å². The first-order chi connectivity index (χ1) is 9.20. The molecule has 2 aromatic rings. The molecule has 3 nitrogen and oxygen atoms in total. The zero-order valence-corrected chi connectivity index (χ0v) is 11.7. The number of hydrogen-bond acceptors (Lipinski definition) is 3. The Morgan fingerprint density at radius 1 is 1.21 bits per heavy atom. The van der Waals surface area contributed by atoms with E-state index in [9.17, 15) is 4.79 Å². The zero-order chi connectivity index (χ0) is 13.7. The molecule has 0 aliphatic rings. The first-order valence-electron chi connectivity index (χ1n) is 6.29.